The zero-order valence-corrected chi connectivity index (χ0v) is 20.6. The number of nitrogens with zero attached hydrogens (tertiary/aromatic N) is 3. The smallest absolute Gasteiger partial charge is 0.228 e. The lowest BCUT2D eigenvalue weighted by Crippen LogP contribution is -2.46. The van der Waals surface area contributed by atoms with Crippen molar-refractivity contribution in [2.45, 2.75) is 37.7 Å². The number of hydrogen-bond donors (Lipinski definition) is 0. The van der Waals surface area contributed by atoms with Gasteiger partial charge < -0.3 is 24.2 Å². The number of fused-ring (bicyclic) bond motifs is 1. The van der Waals surface area contributed by atoms with E-state index >= 15 is 0 Å². The van der Waals surface area contributed by atoms with E-state index in [9.17, 15) is 14.4 Å². The number of likely N-dealkylation sites (tertiary alicyclic amines) is 1. The maximum absolute atomic E-state index is 13.4. The molecule has 0 aromatic heterocycles. The first-order chi connectivity index (χ1) is 17.4. The Labute approximate surface area is 210 Å². The van der Waals surface area contributed by atoms with Crippen molar-refractivity contribution >= 4 is 29.0 Å². The molecule has 0 bridgehead atoms. The lowest BCUT2D eigenvalue weighted by molar-refractivity contribution is -0.135. The molecule has 6 rings (SSSR count). The van der Waals surface area contributed by atoms with E-state index in [1.54, 1.807) is 35.1 Å². The third-order valence-electron chi connectivity index (χ3n) is 8.03. The number of amides is 2. The molecule has 0 saturated carbocycles. The van der Waals surface area contributed by atoms with Crippen LogP contribution < -0.4 is 19.3 Å². The van der Waals surface area contributed by atoms with Gasteiger partial charge in [-0.15, -0.1) is 0 Å². The molecule has 36 heavy (non-hydrogen) atoms. The molecule has 0 N–H and O–H groups in total. The minimum Gasteiger partial charge on any atom is -0.497 e. The van der Waals surface area contributed by atoms with Gasteiger partial charge in [0.1, 0.15) is 17.1 Å². The van der Waals surface area contributed by atoms with E-state index in [1.807, 2.05) is 12.1 Å². The zero-order valence-electron chi connectivity index (χ0n) is 20.6. The highest BCUT2D eigenvalue weighted by molar-refractivity contribution is 6.02. The predicted molar refractivity (Wildman–Crippen MR) is 135 cm³/mol. The molecule has 4 heterocycles. The predicted octanol–water partition coefficient (Wildman–Crippen LogP) is 3.28. The van der Waals surface area contributed by atoms with Gasteiger partial charge in [-0.05, 0) is 55.3 Å². The Balaban J connectivity index is 1.11. The summed E-state index contributed by atoms with van der Waals surface area (Å²) in [6.07, 6.45) is 3.47. The van der Waals surface area contributed by atoms with E-state index in [2.05, 4.69) is 17.0 Å². The topological polar surface area (TPSA) is 79.4 Å². The molecule has 2 atom stereocenters. The Morgan fingerprint density at radius 2 is 1.78 bits per heavy atom. The van der Waals surface area contributed by atoms with Gasteiger partial charge in [0.2, 0.25) is 11.8 Å². The summed E-state index contributed by atoms with van der Waals surface area (Å²) in [5.41, 5.74) is 1.84. The molecule has 4 aliphatic heterocycles. The summed E-state index contributed by atoms with van der Waals surface area (Å²) in [4.78, 5) is 45.0. The minimum absolute atomic E-state index is 0.00375. The number of methoxy groups -OCH3 is 1. The van der Waals surface area contributed by atoms with Crippen LogP contribution in [0.2, 0.25) is 0 Å². The first-order valence-electron chi connectivity index (χ1n) is 12.8. The number of rotatable bonds is 4. The Hall–Kier alpha value is -3.55. The summed E-state index contributed by atoms with van der Waals surface area (Å²) in [5.74, 6) is 0.717. The van der Waals surface area contributed by atoms with Gasteiger partial charge in [-0.1, -0.05) is 0 Å². The van der Waals surface area contributed by atoms with E-state index in [4.69, 9.17) is 9.47 Å². The maximum atomic E-state index is 13.4. The van der Waals surface area contributed by atoms with Crippen molar-refractivity contribution in [2.75, 3.05) is 49.6 Å². The molecule has 2 aromatic rings. The molecule has 0 radical (unpaired) electrons. The van der Waals surface area contributed by atoms with Crippen LogP contribution in [0.3, 0.4) is 0 Å². The molecule has 8 nitrogen and oxygen atoms in total. The van der Waals surface area contributed by atoms with Gasteiger partial charge in [0, 0.05) is 50.4 Å². The second kappa shape index (κ2) is 8.84. The molecule has 3 saturated heterocycles. The van der Waals surface area contributed by atoms with Crippen LogP contribution in [0.4, 0.5) is 11.4 Å². The van der Waals surface area contributed by atoms with Gasteiger partial charge in [-0.3, -0.25) is 14.4 Å². The summed E-state index contributed by atoms with van der Waals surface area (Å²) in [5, 5.41) is 0. The molecule has 2 amide bonds. The Kier molecular flexibility index (Phi) is 5.62. The van der Waals surface area contributed by atoms with Crippen molar-refractivity contribution in [3.05, 3.63) is 48.0 Å². The monoisotopic (exact) mass is 489 g/mol. The van der Waals surface area contributed by atoms with Crippen LogP contribution in [0.1, 0.15) is 42.5 Å². The quantitative estimate of drug-likeness (QED) is 0.656. The van der Waals surface area contributed by atoms with Crippen molar-refractivity contribution in [1.82, 2.24) is 4.90 Å². The highest BCUT2D eigenvalue weighted by Crippen LogP contribution is 2.41. The number of benzene rings is 2. The van der Waals surface area contributed by atoms with E-state index < -0.39 is 5.60 Å². The van der Waals surface area contributed by atoms with Crippen molar-refractivity contribution in [1.29, 1.82) is 0 Å². The van der Waals surface area contributed by atoms with Crippen molar-refractivity contribution < 1.29 is 23.9 Å². The zero-order chi connectivity index (χ0) is 24.9. The van der Waals surface area contributed by atoms with Gasteiger partial charge in [0.25, 0.3) is 0 Å². The SMILES string of the molecule is COc1ccc2c(c1)C(=O)CC1(CCN(C(=O)C3CC(=O)N(c4ccc(N5CCCC5)cc4)C3)C1)O2. The fraction of sp³-hybridized carbons (Fsp3) is 0.464. The first kappa shape index (κ1) is 22.9. The largest absolute Gasteiger partial charge is 0.497 e. The molecule has 0 aliphatic carbocycles. The maximum Gasteiger partial charge on any atom is 0.228 e. The summed E-state index contributed by atoms with van der Waals surface area (Å²) in [7, 11) is 1.57. The summed E-state index contributed by atoms with van der Waals surface area (Å²) in [6, 6.07) is 13.4. The number of carbonyl (C=O) groups excluding carboxylic acids is 3. The van der Waals surface area contributed by atoms with Crippen LogP contribution in [0.25, 0.3) is 0 Å². The van der Waals surface area contributed by atoms with Gasteiger partial charge in [-0.2, -0.15) is 0 Å². The normalized spacial score (nSPS) is 25.5. The fourth-order valence-electron chi connectivity index (χ4n) is 6.06. The van der Waals surface area contributed by atoms with Gasteiger partial charge in [0.15, 0.2) is 5.78 Å². The molecule has 188 valence electrons. The lowest BCUT2D eigenvalue weighted by Gasteiger charge is -2.35. The van der Waals surface area contributed by atoms with Crippen LogP contribution in [-0.2, 0) is 9.59 Å². The van der Waals surface area contributed by atoms with E-state index in [0.717, 1.165) is 18.8 Å². The average Bonchev–Trinajstić information content (AvgIpc) is 3.64. The lowest BCUT2D eigenvalue weighted by atomic mass is 9.89. The summed E-state index contributed by atoms with van der Waals surface area (Å²) >= 11 is 0. The fourth-order valence-corrected chi connectivity index (χ4v) is 6.06. The summed E-state index contributed by atoms with van der Waals surface area (Å²) < 4.78 is 11.5. The number of ether oxygens (including phenoxy) is 2. The third-order valence-corrected chi connectivity index (χ3v) is 8.03. The third kappa shape index (κ3) is 3.98. The standard InChI is InChI=1S/C28H31N3O5/c1-35-22-8-9-25-23(15-22)24(32)16-28(36-25)10-13-30(18-28)27(34)19-14-26(33)31(17-19)21-6-4-20(5-7-21)29-11-2-3-12-29/h4-9,15,19H,2-3,10-14,16-18H2,1H3. The van der Waals surface area contributed by atoms with E-state index in [-0.39, 0.29) is 36.4 Å². The Morgan fingerprint density at radius 3 is 2.53 bits per heavy atom. The molecule has 3 fully saturated rings. The van der Waals surface area contributed by atoms with Crippen LogP contribution in [0, 0.1) is 5.92 Å². The molecule has 1 spiro atoms. The second-order valence-electron chi connectivity index (χ2n) is 10.4. The Bertz CT molecular complexity index is 1210. The molecular formula is C28H31N3O5. The number of carbonyl (C=O) groups is 3. The van der Waals surface area contributed by atoms with Crippen LogP contribution in [-0.4, -0.2) is 67.9 Å². The Morgan fingerprint density at radius 1 is 1.03 bits per heavy atom. The second-order valence-corrected chi connectivity index (χ2v) is 10.4. The highest BCUT2D eigenvalue weighted by atomic mass is 16.5. The first-order valence-corrected chi connectivity index (χ1v) is 12.8. The van der Waals surface area contributed by atoms with E-state index in [1.165, 1.54) is 18.5 Å². The van der Waals surface area contributed by atoms with Crippen molar-refractivity contribution in [2.24, 2.45) is 5.92 Å². The van der Waals surface area contributed by atoms with Gasteiger partial charge in [-0.25, -0.2) is 0 Å². The molecule has 2 aromatic carbocycles. The average molecular weight is 490 g/mol. The molecule has 2 unspecified atom stereocenters. The highest BCUT2D eigenvalue weighted by Gasteiger charge is 2.49. The van der Waals surface area contributed by atoms with Crippen molar-refractivity contribution in [3.8, 4) is 11.5 Å². The number of anilines is 2. The van der Waals surface area contributed by atoms with Crippen LogP contribution in [0.5, 0.6) is 11.5 Å². The molecule has 4 aliphatic rings. The number of ketones is 1. The van der Waals surface area contributed by atoms with Crippen molar-refractivity contribution in [3.63, 3.8) is 0 Å². The number of hydrogen-bond acceptors (Lipinski definition) is 6. The number of Topliss-reactive ketones (excluding diaryl/α,β-unsaturated/α-hetero) is 1. The molecular weight excluding hydrogens is 458 g/mol. The molecule has 8 heteroatoms. The van der Waals surface area contributed by atoms with Gasteiger partial charge in [0.05, 0.1) is 31.6 Å². The van der Waals surface area contributed by atoms with Crippen LogP contribution >= 0.6 is 0 Å². The van der Waals surface area contributed by atoms with E-state index in [0.29, 0.717) is 43.1 Å². The minimum atomic E-state index is -0.706. The van der Waals surface area contributed by atoms with Crippen LogP contribution in [0.15, 0.2) is 42.5 Å². The van der Waals surface area contributed by atoms with Gasteiger partial charge >= 0.3 is 0 Å². The summed E-state index contributed by atoms with van der Waals surface area (Å²) in [6.45, 7) is 3.41.